The molecule has 0 aromatic rings. The average Bonchev–Trinajstić information content (AvgIpc) is 2.35. The molecule has 0 spiro atoms. The molecule has 1 atom stereocenters. The van der Waals surface area contributed by atoms with Gasteiger partial charge in [-0.05, 0) is 26.3 Å². The Morgan fingerprint density at radius 1 is 1.47 bits per heavy atom. The summed E-state index contributed by atoms with van der Waals surface area (Å²) in [5, 5.41) is 3.58. The Labute approximate surface area is 106 Å². The van der Waals surface area contributed by atoms with Gasteiger partial charge >= 0.3 is 0 Å². The molecule has 0 amide bonds. The van der Waals surface area contributed by atoms with Crippen molar-refractivity contribution in [1.82, 2.24) is 5.32 Å². The standard InChI is InChI=1S/C14H27NO2/c1-5-15-13(7-6-12(2)3)14(16-4)8-10-17-11-9-14/h13,15H,2,5-11H2,1,3-4H3. The zero-order valence-corrected chi connectivity index (χ0v) is 11.6. The van der Waals surface area contributed by atoms with Crippen LogP contribution in [0.2, 0.25) is 0 Å². The molecule has 0 aliphatic carbocycles. The largest absolute Gasteiger partial charge is 0.381 e. The summed E-state index contributed by atoms with van der Waals surface area (Å²) in [6.45, 7) is 10.8. The summed E-state index contributed by atoms with van der Waals surface area (Å²) in [7, 11) is 1.83. The first-order valence-electron chi connectivity index (χ1n) is 6.65. The lowest BCUT2D eigenvalue weighted by atomic mass is 9.83. The van der Waals surface area contributed by atoms with E-state index in [4.69, 9.17) is 9.47 Å². The number of rotatable bonds is 7. The van der Waals surface area contributed by atoms with Crippen LogP contribution in [-0.2, 0) is 9.47 Å². The van der Waals surface area contributed by atoms with E-state index in [1.54, 1.807) is 0 Å². The lowest BCUT2D eigenvalue weighted by molar-refractivity contribution is -0.111. The summed E-state index contributed by atoms with van der Waals surface area (Å²) in [4.78, 5) is 0. The van der Waals surface area contributed by atoms with Crippen molar-refractivity contribution in [2.24, 2.45) is 0 Å². The van der Waals surface area contributed by atoms with Crippen molar-refractivity contribution in [2.45, 2.75) is 51.2 Å². The maximum Gasteiger partial charge on any atom is 0.0874 e. The van der Waals surface area contributed by atoms with E-state index in [0.717, 1.165) is 45.4 Å². The smallest absolute Gasteiger partial charge is 0.0874 e. The first-order valence-corrected chi connectivity index (χ1v) is 6.65. The van der Waals surface area contributed by atoms with Gasteiger partial charge in [0.2, 0.25) is 0 Å². The zero-order valence-electron chi connectivity index (χ0n) is 11.6. The molecule has 100 valence electrons. The highest BCUT2D eigenvalue weighted by Gasteiger charge is 2.39. The van der Waals surface area contributed by atoms with Crippen molar-refractivity contribution < 1.29 is 9.47 Å². The molecular weight excluding hydrogens is 214 g/mol. The van der Waals surface area contributed by atoms with Crippen LogP contribution >= 0.6 is 0 Å². The summed E-state index contributed by atoms with van der Waals surface area (Å²) in [6.07, 6.45) is 4.12. The number of methoxy groups -OCH3 is 1. The molecular formula is C14H27NO2. The van der Waals surface area contributed by atoms with Crippen LogP contribution in [0.15, 0.2) is 12.2 Å². The molecule has 1 saturated heterocycles. The highest BCUT2D eigenvalue weighted by molar-refractivity contribution is 4.98. The lowest BCUT2D eigenvalue weighted by Crippen LogP contribution is -2.55. The summed E-state index contributed by atoms with van der Waals surface area (Å²) >= 11 is 0. The molecule has 1 unspecified atom stereocenters. The molecule has 3 nitrogen and oxygen atoms in total. The maximum absolute atomic E-state index is 5.85. The minimum absolute atomic E-state index is 0.0519. The highest BCUT2D eigenvalue weighted by atomic mass is 16.5. The molecule has 0 aromatic heterocycles. The van der Waals surface area contributed by atoms with Gasteiger partial charge in [-0.2, -0.15) is 0 Å². The van der Waals surface area contributed by atoms with E-state index in [0.29, 0.717) is 6.04 Å². The van der Waals surface area contributed by atoms with Crippen LogP contribution in [0.4, 0.5) is 0 Å². The second kappa shape index (κ2) is 7.14. The SMILES string of the molecule is C=C(C)CCC(NCC)C1(OC)CCOCC1. The second-order valence-electron chi connectivity index (χ2n) is 4.99. The summed E-state index contributed by atoms with van der Waals surface area (Å²) < 4.78 is 11.3. The van der Waals surface area contributed by atoms with Crippen molar-refractivity contribution in [3.05, 3.63) is 12.2 Å². The molecule has 1 heterocycles. The number of likely N-dealkylation sites (N-methyl/N-ethyl adjacent to an activating group) is 1. The molecule has 0 saturated carbocycles. The zero-order chi connectivity index (χ0) is 12.7. The van der Waals surface area contributed by atoms with Gasteiger partial charge in [0.05, 0.1) is 5.60 Å². The van der Waals surface area contributed by atoms with Crippen molar-refractivity contribution >= 4 is 0 Å². The minimum atomic E-state index is -0.0519. The number of allylic oxidation sites excluding steroid dienone is 1. The lowest BCUT2D eigenvalue weighted by Gasteiger charge is -2.42. The molecule has 3 heteroatoms. The topological polar surface area (TPSA) is 30.5 Å². The Balaban J connectivity index is 2.66. The van der Waals surface area contributed by atoms with Crippen LogP contribution in [0.5, 0.6) is 0 Å². The van der Waals surface area contributed by atoms with Crippen LogP contribution in [-0.4, -0.2) is 38.5 Å². The summed E-state index contributed by atoms with van der Waals surface area (Å²) in [5.74, 6) is 0. The number of nitrogens with one attached hydrogen (secondary N) is 1. The third kappa shape index (κ3) is 4.09. The monoisotopic (exact) mass is 241 g/mol. The average molecular weight is 241 g/mol. The van der Waals surface area contributed by atoms with Gasteiger partial charge in [0, 0.05) is 39.2 Å². The molecule has 1 rings (SSSR count). The Kier molecular flexibility index (Phi) is 6.17. The molecule has 0 radical (unpaired) electrons. The predicted octanol–water partition coefficient (Wildman–Crippen LogP) is 2.52. The third-order valence-corrected chi connectivity index (χ3v) is 3.69. The molecule has 1 N–H and O–H groups in total. The van der Waals surface area contributed by atoms with Gasteiger partial charge in [-0.1, -0.05) is 12.5 Å². The number of ether oxygens (including phenoxy) is 2. The van der Waals surface area contributed by atoms with Crippen LogP contribution in [0.3, 0.4) is 0 Å². The quantitative estimate of drug-likeness (QED) is 0.695. The molecule has 1 fully saturated rings. The molecule has 1 aliphatic rings. The van der Waals surface area contributed by atoms with Crippen molar-refractivity contribution in [2.75, 3.05) is 26.9 Å². The Morgan fingerprint density at radius 2 is 2.12 bits per heavy atom. The molecule has 17 heavy (non-hydrogen) atoms. The van der Waals surface area contributed by atoms with E-state index in [9.17, 15) is 0 Å². The van der Waals surface area contributed by atoms with Gasteiger partial charge in [0.25, 0.3) is 0 Å². The molecule has 1 aliphatic heterocycles. The fourth-order valence-corrected chi connectivity index (χ4v) is 2.60. The van der Waals surface area contributed by atoms with E-state index in [1.165, 1.54) is 5.57 Å². The van der Waals surface area contributed by atoms with E-state index in [1.807, 2.05) is 7.11 Å². The molecule has 0 bridgehead atoms. The van der Waals surface area contributed by atoms with E-state index >= 15 is 0 Å². The fraction of sp³-hybridized carbons (Fsp3) is 0.857. The van der Waals surface area contributed by atoms with Crippen LogP contribution < -0.4 is 5.32 Å². The first kappa shape index (κ1) is 14.7. The minimum Gasteiger partial charge on any atom is -0.381 e. The predicted molar refractivity (Wildman–Crippen MR) is 71.3 cm³/mol. The van der Waals surface area contributed by atoms with Crippen molar-refractivity contribution in [3.63, 3.8) is 0 Å². The van der Waals surface area contributed by atoms with Crippen molar-refractivity contribution in [1.29, 1.82) is 0 Å². The number of hydrogen-bond acceptors (Lipinski definition) is 3. The van der Waals surface area contributed by atoms with Crippen LogP contribution in [0.25, 0.3) is 0 Å². The van der Waals surface area contributed by atoms with Gasteiger partial charge < -0.3 is 14.8 Å². The van der Waals surface area contributed by atoms with E-state index in [-0.39, 0.29) is 5.60 Å². The highest BCUT2D eigenvalue weighted by Crippen LogP contribution is 2.31. The van der Waals surface area contributed by atoms with E-state index < -0.39 is 0 Å². The van der Waals surface area contributed by atoms with Gasteiger partial charge in [-0.15, -0.1) is 6.58 Å². The second-order valence-corrected chi connectivity index (χ2v) is 4.99. The van der Waals surface area contributed by atoms with Crippen LogP contribution in [0, 0.1) is 0 Å². The van der Waals surface area contributed by atoms with Gasteiger partial charge in [-0.25, -0.2) is 0 Å². The molecule has 0 aromatic carbocycles. The van der Waals surface area contributed by atoms with Crippen molar-refractivity contribution in [3.8, 4) is 0 Å². The summed E-state index contributed by atoms with van der Waals surface area (Å²) in [5.41, 5.74) is 1.19. The number of hydrogen-bond donors (Lipinski definition) is 1. The third-order valence-electron chi connectivity index (χ3n) is 3.69. The van der Waals surface area contributed by atoms with Gasteiger partial charge in [-0.3, -0.25) is 0 Å². The first-order chi connectivity index (χ1) is 8.14. The fourth-order valence-electron chi connectivity index (χ4n) is 2.60. The van der Waals surface area contributed by atoms with Gasteiger partial charge in [0.15, 0.2) is 0 Å². The Hall–Kier alpha value is -0.380. The normalized spacial score (nSPS) is 21.1. The van der Waals surface area contributed by atoms with Gasteiger partial charge in [0.1, 0.15) is 0 Å². The maximum atomic E-state index is 5.85. The van der Waals surface area contributed by atoms with E-state index in [2.05, 4.69) is 25.7 Å². The Bertz CT molecular complexity index is 234. The Morgan fingerprint density at radius 3 is 2.59 bits per heavy atom. The van der Waals surface area contributed by atoms with Crippen LogP contribution in [0.1, 0.15) is 39.5 Å². The summed E-state index contributed by atoms with van der Waals surface area (Å²) in [6, 6.07) is 0.401.